The smallest absolute Gasteiger partial charge is 0.134 e. The van der Waals surface area contributed by atoms with Gasteiger partial charge in [0.2, 0.25) is 0 Å². The van der Waals surface area contributed by atoms with E-state index < -0.39 is 0 Å². The fourth-order valence-corrected chi connectivity index (χ4v) is 3.20. The SMILES string of the molecule is C=CCOc1ccc(C=C(C#N)c2nc(-c3ccc(Cl)cc3)cs2)cc1. The number of hydrogen-bond acceptors (Lipinski definition) is 4. The average molecular weight is 379 g/mol. The van der Waals surface area contributed by atoms with E-state index in [0.717, 1.165) is 22.6 Å². The van der Waals surface area contributed by atoms with Crippen molar-refractivity contribution in [2.45, 2.75) is 0 Å². The number of aromatic nitrogens is 1. The summed E-state index contributed by atoms with van der Waals surface area (Å²) in [7, 11) is 0. The minimum atomic E-state index is 0.464. The first-order chi connectivity index (χ1) is 12.7. The molecule has 0 aliphatic carbocycles. The Morgan fingerprint density at radius 3 is 2.58 bits per heavy atom. The number of nitriles is 1. The third kappa shape index (κ3) is 4.40. The Morgan fingerprint density at radius 2 is 1.92 bits per heavy atom. The molecule has 26 heavy (non-hydrogen) atoms. The van der Waals surface area contributed by atoms with E-state index in [0.29, 0.717) is 22.2 Å². The van der Waals surface area contributed by atoms with Crippen LogP contribution in [0, 0.1) is 11.3 Å². The zero-order chi connectivity index (χ0) is 18.4. The van der Waals surface area contributed by atoms with Crippen LogP contribution < -0.4 is 4.74 Å². The van der Waals surface area contributed by atoms with Crippen LogP contribution in [0.4, 0.5) is 0 Å². The lowest BCUT2D eigenvalue weighted by atomic mass is 10.1. The highest BCUT2D eigenvalue weighted by molar-refractivity contribution is 7.11. The van der Waals surface area contributed by atoms with Gasteiger partial charge < -0.3 is 4.74 Å². The Balaban J connectivity index is 1.82. The Morgan fingerprint density at radius 1 is 1.19 bits per heavy atom. The van der Waals surface area contributed by atoms with E-state index >= 15 is 0 Å². The molecule has 0 unspecified atom stereocenters. The van der Waals surface area contributed by atoms with Crippen molar-refractivity contribution in [3.05, 3.63) is 82.2 Å². The van der Waals surface area contributed by atoms with Gasteiger partial charge in [0.05, 0.1) is 11.3 Å². The number of benzene rings is 2. The van der Waals surface area contributed by atoms with Crippen molar-refractivity contribution in [2.75, 3.05) is 6.61 Å². The fraction of sp³-hybridized carbons (Fsp3) is 0.0476. The van der Waals surface area contributed by atoms with Gasteiger partial charge in [-0.1, -0.05) is 48.5 Å². The third-order valence-corrected chi connectivity index (χ3v) is 4.68. The van der Waals surface area contributed by atoms with Crippen molar-refractivity contribution in [3.8, 4) is 23.1 Å². The van der Waals surface area contributed by atoms with Crippen LogP contribution in [-0.2, 0) is 0 Å². The second-order valence-electron chi connectivity index (χ2n) is 5.38. The highest BCUT2D eigenvalue weighted by Gasteiger charge is 2.09. The quantitative estimate of drug-likeness (QED) is 0.385. The highest BCUT2D eigenvalue weighted by atomic mass is 35.5. The lowest BCUT2D eigenvalue weighted by Gasteiger charge is -2.03. The molecule has 1 heterocycles. The van der Waals surface area contributed by atoms with E-state index in [4.69, 9.17) is 16.3 Å². The van der Waals surface area contributed by atoms with Gasteiger partial charge in [0, 0.05) is 16.0 Å². The van der Waals surface area contributed by atoms with Crippen molar-refractivity contribution >= 4 is 34.6 Å². The Kier molecular flexibility index (Phi) is 5.85. The molecule has 3 aromatic rings. The van der Waals surface area contributed by atoms with E-state index in [-0.39, 0.29) is 0 Å². The lowest BCUT2D eigenvalue weighted by Crippen LogP contribution is -1.92. The number of nitrogens with zero attached hydrogens (tertiary/aromatic N) is 2. The van der Waals surface area contributed by atoms with Gasteiger partial charge in [0.15, 0.2) is 0 Å². The lowest BCUT2D eigenvalue weighted by molar-refractivity contribution is 0.363. The predicted octanol–water partition coefficient (Wildman–Crippen LogP) is 6.09. The van der Waals surface area contributed by atoms with E-state index in [2.05, 4.69) is 17.6 Å². The molecule has 0 saturated carbocycles. The first-order valence-electron chi connectivity index (χ1n) is 7.87. The van der Waals surface area contributed by atoms with Gasteiger partial charge in [-0.3, -0.25) is 0 Å². The molecule has 0 aliphatic heterocycles. The Hall–Kier alpha value is -2.87. The molecule has 0 fully saturated rings. The summed E-state index contributed by atoms with van der Waals surface area (Å²) in [6, 6.07) is 17.3. The van der Waals surface area contributed by atoms with E-state index in [9.17, 15) is 5.26 Å². The third-order valence-electron chi connectivity index (χ3n) is 3.55. The fourth-order valence-electron chi connectivity index (χ4n) is 2.27. The van der Waals surface area contributed by atoms with Crippen LogP contribution in [0.2, 0.25) is 5.02 Å². The normalized spacial score (nSPS) is 11.0. The molecule has 128 valence electrons. The Labute approximate surface area is 161 Å². The molecule has 0 saturated heterocycles. The molecule has 3 nitrogen and oxygen atoms in total. The van der Waals surface area contributed by atoms with Crippen molar-refractivity contribution in [3.63, 3.8) is 0 Å². The summed E-state index contributed by atoms with van der Waals surface area (Å²) in [6.45, 7) is 4.09. The standard InChI is InChI=1S/C21H15ClN2OS/c1-2-11-25-19-9-3-15(4-10-19)12-17(13-23)21-24-20(14-26-21)16-5-7-18(22)8-6-16/h2-10,12,14H,1,11H2. The summed E-state index contributed by atoms with van der Waals surface area (Å²) in [5.41, 5.74) is 3.24. The first-order valence-corrected chi connectivity index (χ1v) is 9.13. The van der Waals surface area contributed by atoms with E-state index in [1.165, 1.54) is 11.3 Å². The van der Waals surface area contributed by atoms with Gasteiger partial charge in [-0.25, -0.2) is 4.98 Å². The van der Waals surface area contributed by atoms with Crippen molar-refractivity contribution in [1.29, 1.82) is 5.26 Å². The molecule has 0 N–H and O–H groups in total. The number of rotatable bonds is 6. The molecule has 2 aromatic carbocycles. The monoisotopic (exact) mass is 378 g/mol. The van der Waals surface area contributed by atoms with Crippen molar-refractivity contribution < 1.29 is 4.74 Å². The zero-order valence-electron chi connectivity index (χ0n) is 13.9. The molecule has 0 spiro atoms. The molecule has 0 amide bonds. The number of halogens is 1. The minimum absolute atomic E-state index is 0.464. The van der Waals surface area contributed by atoms with Gasteiger partial charge in [-0.2, -0.15) is 5.26 Å². The van der Waals surface area contributed by atoms with Crippen LogP contribution in [0.25, 0.3) is 22.9 Å². The summed E-state index contributed by atoms with van der Waals surface area (Å²) < 4.78 is 5.46. The minimum Gasteiger partial charge on any atom is -0.490 e. The predicted molar refractivity (Wildman–Crippen MR) is 108 cm³/mol. The van der Waals surface area contributed by atoms with Crippen LogP contribution in [0.1, 0.15) is 10.6 Å². The molecular formula is C21H15ClN2OS. The second-order valence-corrected chi connectivity index (χ2v) is 6.68. The number of allylic oxidation sites excluding steroid dienone is 1. The summed E-state index contributed by atoms with van der Waals surface area (Å²) >= 11 is 7.37. The molecule has 0 radical (unpaired) electrons. The van der Waals surface area contributed by atoms with Gasteiger partial charge >= 0.3 is 0 Å². The van der Waals surface area contributed by atoms with Crippen LogP contribution in [0.15, 0.2) is 66.6 Å². The largest absolute Gasteiger partial charge is 0.490 e. The summed E-state index contributed by atoms with van der Waals surface area (Å²) in [5.74, 6) is 0.764. The van der Waals surface area contributed by atoms with E-state index in [1.807, 2.05) is 60.0 Å². The highest BCUT2D eigenvalue weighted by Crippen LogP contribution is 2.28. The molecule has 0 atom stereocenters. The van der Waals surface area contributed by atoms with Crippen LogP contribution >= 0.6 is 22.9 Å². The summed E-state index contributed by atoms with van der Waals surface area (Å²) in [6.07, 6.45) is 3.52. The second kappa shape index (κ2) is 8.48. The average Bonchev–Trinajstić information content (AvgIpc) is 3.16. The molecular weight excluding hydrogens is 364 g/mol. The molecule has 3 rings (SSSR count). The maximum absolute atomic E-state index is 9.52. The molecule has 0 aliphatic rings. The molecule has 1 aromatic heterocycles. The van der Waals surface area contributed by atoms with Crippen molar-refractivity contribution in [1.82, 2.24) is 4.98 Å². The van der Waals surface area contributed by atoms with E-state index in [1.54, 1.807) is 6.08 Å². The van der Waals surface area contributed by atoms with Gasteiger partial charge in [-0.05, 0) is 35.9 Å². The summed E-state index contributed by atoms with van der Waals surface area (Å²) in [4.78, 5) is 4.58. The van der Waals surface area contributed by atoms with Crippen LogP contribution in [0.3, 0.4) is 0 Å². The zero-order valence-corrected chi connectivity index (χ0v) is 15.4. The topological polar surface area (TPSA) is 45.9 Å². The van der Waals surface area contributed by atoms with Gasteiger partial charge in [0.25, 0.3) is 0 Å². The van der Waals surface area contributed by atoms with Crippen LogP contribution in [0.5, 0.6) is 5.75 Å². The van der Waals surface area contributed by atoms with Gasteiger partial charge in [0.1, 0.15) is 23.4 Å². The Bertz CT molecular complexity index is 966. The van der Waals surface area contributed by atoms with Crippen LogP contribution in [-0.4, -0.2) is 11.6 Å². The molecule has 0 bridgehead atoms. The number of thiazole rings is 1. The maximum atomic E-state index is 9.52. The first kappa shape index (κ1) is 17.9. The van der Waals surface area contributed by atoms with Crippen molar-refractivity contribution in [2.24, 2.45) is 0 Å². The number of hydrogen-bond donors (Lipinski definition) is 0. The van der Waals surface area contributed by atoms with Gasteiger partial charge in [-0.15, -0.1) is 11.3 Å². The molecule has 5 heteroatoms. The maximum Gasteiger partial charge on any atom is 0.134 e. The summed E-state index contributed by atoms with van der Waals surface area (Å²) in [5, 5.41) is 12.8. The number of ether oxygens (including phenoxy) is 1.